The van der Waals surface area contributed by atoms with Crippen LogP contribution in [0.5, 0.6) is 0 Å². The van der Waals surface area contributed by atoms with E-state index in [0.29, 0.717) is 0 Å². The predicted molar refractivity (Wildman–Crippen MR) is 33.0 cm³/mol. The molecule has 1 unspecified atom stereocenters. The molecular weight excluding hydrogens is 251 g/mol. The highest BCUT2D eigenvalue weighted by atomic mass is 19.3. The number of alkyl halides is 5. The summed E-state index contributed by atoms with van der Waals surface area (Å²) in [4.78, 5) is 19.4. The summed E-state index contributed by atoms with van der Waals surface area (Å²) in [5.74, 6) is -5.42. The molecule has 11 heteroatoms. The molecule has 0 saturated carbocycles. The van der Waals surface area contributed by atoms with Crippen LogP contribution in [0.15, 0.2) is 0 Å². The molecule has 0 rings (SSSR count). The van der Waals surface area contributed by atoms with E-state index in [1.54, 1.807) is 0 Å². The normalized spacial score (nSPS) is 15.4. The molecule has 0 saturated heterocycles. The maximum absolute atomic E-state index is 12.8. The van der Waals surface area contributed by atoms with Crippen LogP contribution in [-0.2, 0) is 9.47 Å². The minimum absolute atomic E-state index is 2.50. The van der Waals surface area contributed by atoms with E-state index in [2.05, 4.69) is 9.47 Å². The van der Waals surface area contributed by atoms with Crippen LogP contribution in [0.1, 0.15) is 0 Å². The number of hydrogen-bond donors (Lipinski definition) is 2. The van der Waals surface area contributed by atoms with Crippen molar-refractivity contribution in [2.45, 2.75) is 18.4 Å². The van der Waals surface area contributed by atoms with Gasteiger partial charge in [0.05, 0.1) is 0 Å². The predicted octanol–water partition coefficient (Wildman–Crippen LogP) is 1.90. The highest BCUT2D eigenvalue weighted by molar-refractivity contribution is 5.59. The quantitative estimate of drug-likeness (QED) is 0.587. The Kier molecular flexibility index (Phi) is 3.87. The van der Waals surface area contributed by atoms with Crippen molar-refractivity contribution in [3.8, 4) is 0 Å². The smallest absolute Gasteiger partial charge is 0.450 e. The summed E-state index contributed by atoms with van der Waals surface area (Å²) in [6.45, 7) is 0. The molecule has 2 N–H and O–H groups in total. The second-order valence-electron chi connectivity index (χ2n) is 2.20. The first-order chi connectivity index (χ1) is 7.03. The fourth-order valence-corrected chi connectivity index (χ4v) is 0.537. The van der Waals surface area contributed by atoms with Crippen LogP contribution in [0.4, 0.5) is 31.5 Å². The minimum atomic E-state index is -5.69. The lowest BCUT2D eigenvalue weighted by Gasteiger charge is -2.28. The van der Waals surface area contributed by atoms with Gasteiger partial charge >= 0.3 is 30.7 Å². The maximum Gasteiger partial charge on any atom is 0.510 e. The lowest BCUT2D eigenvalue weighted by atomic mass is 10.3. The second kappa shape index (κ2) is 4.37. The number of hydrogen-bond acceptors (Lipinski definition) is 4. The first-order valence-corrected chi connectivity index (χ1v) is 3.21. The molecule has 0 bridgehead atoms. The molecule has 0 aliphatic rings. The van der Waals surface area contributed by atoms with Crippen LogP contribution < -0.4 is 0 Å². The average Bonchev–Trinajstić information content (AvgIpc) is 1.99. The molecule has 0 amide bonds. The van der Waals surface area contributed by atoms with Crippen molar-refractivity contribution >= 4 is 12.3 Å². The fourth-order valence-electron chi connectivity index (χ4n) is 0.537. The van der Waals surface area contributed by atoms with Crippen molar-refractivity contribution in [1.82, 2.24) is 0 Å². The van der Waals surface area contributed by atoms with E-state index in [4.69, 9.17) is 10.2 Å². The van der Waals surface area contributed by atoms with Gasteiger partial charge < -0.3 is 19.7 Å². The van der Waals surface area contributed by atoms with Gasteiger partial charge in [0.15, 0.2) is 0 Å². The Bertz CT molecular complexity index is 293. The third-order valence-electron chi connectivity index (χ3n) is 1.13. The summed E-state index contributed by atoms with van der Waals surface area (Å²) in [5.41, 5.74) is 0. The molecule has 0 spiro atoms. The molecule has 0 radical (unpaired) electrons. The molecule has 1 atom stereocenters. The molecule has 16 heavy (non-hydrogen) atoms. The van der Waals surface area contributed by atoms with Crippen molar-refractivity contribution < 1.29 is 51.2 Å². The zero-order chi connectivity index (χ0) is 13.1. The Labute approximate surface area is 83.2 Å². The lowest BCUT2D eigenvalue weighted by Crippen LogP contribution is -2.55. The Morgan fingerprint density at radius 3 is 1.62 bits per heavy atom. The Hall–Kier alpha value is -1.81. The topological polar surface area (TPSA) is 93.1 Å². The molecular formula is C5H3F5O6. The molecule has 0 aromatic carbocycles. The summed E-state index contributed by atoms with van der Waals surface area (Å²) < 4.78 is 66.7. The van der Waals surface area contributed by atoms with Gasteiger partial charge in [-0.15, -0.1) is 0 Å². The summed E-state index contributed by atoms with van der Waals surface area (Å²) in [7, 11) is 0. The third-order valence-corrected chi connectivity index (χ3v) is 1.13. The first kappa shape index (κ1) is 14.2. The van der Waals surface area contributed by atoms with Crippen molar-refractivity contribution in [1.29, 1.82) is 0 Å². The van der Waals surface area contributed by atoms with Gasteiger partial charge in [0.2, 0.25) is 0 Å². The van der Waals surface area contributed by atoms with E-state index < -0.39 is 30.7 Å². The second-order valence-corrected chi connectivity index (χ2v) is 2.20. The fraction of sp³-hybridized carbons (Fsp3) is 0.600. The SMILES string of the molecule is O=C(O)OC(F)(F)C(F)(OC(=O)O)C(F)F. The van der Waals surface area contributed by atoms with E-state index in [0.717, 1.165) is 0 Å². The van der Waals surface area contributed by atoms with Crippen LogP contribution in [0.25, 0.3) is 0 Å². The highest BCUT2D eigenvalue weighted by Crippen LogP contribution is 2.39. The summed E-state index contributed by atoms with van der Waals surface area (Å²) in [5, 5.41) is 15.5. The van der Waals surface area contributed by atoms with E-state index in [-0.39, 0.29) is 0 Å². The molecule has 0 aromatic heterocycles. The highest BCUT2D eigenvalue weighted by Gasteiger charge is 2.69. The van der Waals surface area contributed by atoms with Gasteiger partial charge in [-0.1, -0.05) is 0 Å². The van der Waals surface area contributed by atoms with Crippen molar-refractivity contribution in [3.63, 3.8) is 0 Å². The zero-order valence-corrected chi connectivity index (χ0v) is 6.99. The van der Waals surface area contributed by atoms with Crippen molar-refractivity contribution in [3.05, 3.63) is 0 Å². The van der Waals surface area contributed by atoms with E-state index in [9.17, 15) is 31.5 Å². The lowest BCUT2D eigenvalue weighted by molar-refractivity contribution is -0.382. The monoisotopic (exact) mass is 254 g/mol. The zero-order valence-electron chi connectivity index (χ0n) is 6.99. The van der Waals surface area contributed by atoms with Gasteiger partial charge in [0.1, 0.15) is 0 Å². The molecule has 0 aliphatic carbocycles. The molecule has 0 aromatic rings. The molecule has 0 heterocycles. The van der Waals surface area contributed by atoms with E-state index in [1.807, 2.05) is 0 Å². The van der Waals surface area contributed by atoms with E-state index in [1.165, 1.54) is 0 Å². The van der Waals surface area contributed by atoms with Gasteiger partial charge in [0, 0.05) is 0 Å². The summed E-state index contributed by atoms with van der Waals surface area (Å²) in [6.07, 6.45) is -15.9. The number of ether oxygens (including phenoxy) is 2. The van der Waals surface area contributed by atoms with Crippen LogP contribution in [0.3, 0.4) is 0 Å². The van der Waals surface area contributed by atoms with Gasteiger partial charge in [-0.25, -0.2) is 18.4 Å². The van der Waals surface area contributed by atoms with Crippen LogP contribution in [0, 0.1) is 0 Å². The Balaban J connectivity index is 5.16. The van der Waals surface area contributed by atoms with Crippen LogP contribution in [-0.4, -0.2) is 40.9 Å². The van der Waals surface area contributed by atoms with E-state index >= 15 is 0 Å². The summed E-state index contributed by atoms with van der Waals surface area (Å²) >= 11 is 0. The number of carboxylic acid groups (broad SMARTS) is 2. The van der Waals surface area contributed by atoms with Crippen LogP contribution >= 0.6 is 0 Å². The van der Waals surface area contributed by atoms with Crippen LogP contribution in [0.2, 0.25) is 0 Å². The Morgan fingerprint density at radius 2 is 1.38 bits per heavy atom. The molecule has 0 fully saturated rings. The summed E-state index contributed by atoms with van der Waals surface area (Å²) in [6, 6.07) is 0. The van der Waals surface area contributed by atoms with Gasteiger partial charge in [0.25, 0.3) is 0 Å². The molecule has 6 nitrogen and oxygen atoms in total. The average molecular weight is 254 g/mol. The van der Waals surface area contributed by atoms with Gasteiger partial charge in [-0.05, 0) is 0 Å². The molecule has 94 valence electrons. The Morgan fingerprint density at radius 1 is 1.00 bits per heavy atom. The maximum atomic E-state index is 12.8. The number of halogens is 5. The molecule has 0 aliphatic heterocycles. The first-order valence-electron chi connectivity index (χ1n) is 3.21. The van der Waals surface area contributed by atoms with Gasteiger partial charge in [-0.3, -0.25) is 0 Å². The van der Waals surface area contributed by atoms with Crippen molar-refractivity contribution in [2.75, 3.05) is 0 Å². The number of carbonyl (C=O) groups is 2. The minimum Gasteiger partial charge on any atom is -0.450 e. The van der Waals surface area contributed by atoms with Gasteiger partial charge in [-0.2, -0.15) is 13.2 Å². The third kappa shape index (κ3) is 2.84. The standard InChI is InChI=1S/C5H3F5O6/c6-1(7)4(8,15-2(11)12)5(9,10)16-3(13)14/h1H,(H,11,12)(H,13,14). The largest absolute Gasteiger partial charge is 0.510 e. The van der Waals surface area contributed by atoms with Crippen molar-refractivity contribution in [2.24, 2.45) is 0 Å². The number of rotatable bonds is 4.